The molecule has 0 heterocycles. The van der Waals surface area contributed by atoms with E-state index in [1.165, 1.54) is 283 Å². The fourth-order valence-corrected chi connectivity index (χ4v) is 10.5. The van der Waals surface area contributed by atoms with Crippen molar-refractivity contribution >= 4 is 17.9 Å². The van der Waals surface area contributed by atoms with Crippen LogP contribution in [-0.2, 0) is 28.6 Å². The Hall–Kier alpha value is -2.11. The van der Waals surface area contributed by atoms with E-state index in [2.05, 4.69) is 45.1 Å². The number of allylic oxidation sites excluding steroid dienone is 4. The number of hydrogen-bond donors (Lipinski definition) is 0. The molecule has 0 aromatic rings. The summed E-state index contributed by atoms with van der Waals surface area (Å²) in [6.07, 6.45) is 79.2. The van der Waals surface area contributed by atoms with Crippen molar-refractivity contribution in [1.29, 1.82) is 0 Å². The minimum Gasteiger partial charge on any atom is -0.462 e. The molecule has 1 unspecified atom stereocenters. The van der Waals surface area contributed by atoms with Crippen LogP contribution in [0.15, 0.2) is 24.3 Å². The molecule has 0 saturated carbocycles. The molecule has 76 heavy (non-hydrogen) atoms. The van der Waals surface area contributed by atoms with E-state index in [9.17, 15) is 14.4 Å². The van der Waals surface area contributed by atoms with Gasteiger partial charge in [-0.2, -0.15) is 0 Å². The van der Waals surface area contributed by atoms with Gasteiger partial charge in [0.05, 0.1) is 0 Å². The summed E-state index contributed by atoms with van der Waals surface area (Å²) in [4.78, 5) is 38.4. The van der Waals surface area contributed by atoms with E-state index in [4.69, 9.17) is 14.2 Å². The number of hydrogen-bond acceptors (Lipinski definition) is 6. The average molecular weight is 1070 g/mol. The fraction of sp³-hybridized carbons (Fsp3) is 0.900. The summed E-state index contributed by atoms with van der Waals surface area (Å²) in [5.74, 6) is -0.851. The first-order valence-electron chi connectivity index (χ1n) is 34.3. The Labute approximate surface area is 474 Å². The van der Waals surface area contributed by atoms with Gasteiger partial charge in [0.2, 0.25) is 0 Å². The highest BCUT2D eigenvalue weighted by Gasteiger charge is 2.19. The maximum absolute atomic E-state index is 12.9. The van der Waals surface area contributed by atoms with Gasteiger partial charge in [0.15, 0.2) is 6.10 Å². The summed E-state index contributed by atoms with van der Waals surface area (Å²) in [5.41, 5.74) is 0. The zero-order chi connectivity index (χ0) is 55.0. The zero-order valence-corrected chi connectivity index (χ0v) is 51.6. The predicted molar refractivity (Wildman–Crippen MR) is 330 cm³/mol. The molecule has 0 amide bonds. The van der Waals surface area contributed by atoms with Crippen LogP contribution in [0.1, 0.15) is 387 Å². The van der Waals surface area contributed by atoms with E-state index in [1.807, 2.05) is 0 Å². The first-order valence-corrected chi connectivity index (χ1v) is 34.3. The van der Waals surface area contributed by atoms with Crippen LogP contribution in [0.25, 0.3) is 0 Å². The van der Waals surface area contributed by atoms with Crippen LogP contribution in [-0.4, -0.2) is 37.2 Å². The SMILES string of the molecule is CCCCCCC/C=C\CCCCCCCC(=O)OCC(COC(=O)CCCCCCCCCCCCCCCCCCCCCCCCCCC)OC(=O)CCCCCCCCCCC/C=C\CCCCCCCC. The number of esters is 3. The molecule has 0 fully saturated rings. The maximum atomic E-state index is 12.9. The third kappa shape index (κ3) is 62.7. The van der Waals surface area contributed by atoms with Crippen molar-refractivity contribution in [1.82, 2.24) is 0 Å². The van der Waals surface area contributed by atoms with Gasteiger partial charge in [0, 0.05) is 19.3 Å². The van der Waals surface area contributed by atoms with Crippen LogP contribution in [0, 0.1) is 0 Å². The fourth-order valence-electron chi connectivity index (χ4n) is 10.5. The van der Waals surface area contributed by atoms with E-state index >= 15 is 0 Å². The smallest absolute Gasteiger partial charge is 0.306 e. The number of carbonyl (C=O) groups excluding carboxylic acids is 3. The Morgan fingerprint density at radius 2 is 0.434 bits per heavy atom. The number of ether oxygens (including phenoxy) is 3. The molecule has 6 nitrogen and oxygen atoms in total. The van der Waals surface area contributed by atoms with Crippen molar-refractivity contribution in [3.05, 3.63) is 24.3 Å². The number of rotatable bonds is 64. The highest BCUT2D eigenvalue weighted by atomic mass is 16.6. The van der Waals surface area contributed by atoms with E-state index in [-0.39, 0.29) is 31.1 Å². The molecule has 0 radical (unpaired) electrons. The summed E-state index contributed by atoms with van der Waals surface area (Å²) in [5, 5.41) is 0. The molecule has 0 spiro atoms. The topological polar surface area (TPSA) is 78.9 Å². The lowest BCUT2D eigenvalue weighted by Crippen LogP contribution is -2.30. The lowest BCUT2D eigenvalue weighted by atomic mass is 10.0. The van der Waals surface area contributed by atoms with E-state index in [0.29, 0.717) is 19.3 Å². The van der Waals surface area contributed by atoms with E-state index < -0.39 is 6.10 Å². The molecule has 0 aromatic carbocycles. The lowest BCUT2D eigenvalue weighted by molar-refractivity contribution is -0.167. The molecule has 0 aliphatic rings. The van der Waals surface area contributed by atoms with Crippen molar-refractivity contribution < 1.29 is 28.6 Å². The van der Waals surface area contributed by atoms with Crippen LogP contribution in [0.2, 0.25) is 0 Å². The Morgan fingerprint density at radius 1 is 0.250 bits per heavy atom. The number of carbonyl (C=O) groups is 3. The third-order valence-corrected chi connectivity index (χ3v) is 15.7. The van der Waals surface area contributed by atoms with E-state index in [1.54, 1.807) is 0 Å². The van der Waals surface area contributed by atoms with Gasteiger partial charge in [0.25, 0.3) is 0 Å². The van der Waals surface area contributed by atoms with Gasteiger partial charge >= 0.3 is 17.9 Å². The summed E-state index contributed by atoms with van der Waals surface area (Å²) in [7, 11) is 0. The molecule has 0 saturated heterocycles. The minimum absolute atomic E-state index is 0.0694. The summed E-state index contributed by atoms with van der Waals surface area (Å²) in [6.45, 7) is 6.69. The van der Waals surface area contributed by atoms with Crippen LogP contribution in [0.4, 0.5) is 0 Å². The summed E-state index contributed by atoms with van der Waals surface area (Å²) >= 11 is 0. The average Bonchev–Trinajstić information content (AvgIpc) is 3.42. The van der Waals surface area contributed by atoms with Crippen LogP contribution in [0.3, 0.4) is 0 Å². The van der Waals surface area contributed by atoms with Gasteiger partial charge in [0.1, 0.15) is 13.2 Å². The Balaban J connectivity index is 4.24. The van der Waals surface area contributed by atoms with E-state index in [0.717, 1.165) is 64.2 Å². The normalized spacial score (nSPS) is 12.1. The standard InChI is InChI=1S/C70H132O6/c1-4-7-10-13-16-19-22-25-28-30-32-33-34-35-36-37-39-40-42-45-48-51-54-57-60-63-69(72)75-66-67(65-74-68(71)62-59-56-53-50-47-44-27-24-21-18-15-12-9-6-3)76-70(73)64-61-58-55-52-49-46-43-41-38-31-29-26-23-20-17-14-11-8-5-2/h24,26-27,29,67H,4-23,25,28,30-66H2,1-3H3/b27-24-,29-26-. The van der Waals surface area contributed by atoms with Crippen molar-refractivity contribution in [3.63, 3.8) is 0 Å². The van der Waals surface area contributed by atoms with Crippen LogP contribution < -0.4 is 0 Å². The Kier molecular flexibility index (Phi) is 63.6. The summed E-state index contributed by atoms with van der Waals surface area (Å²) in [6, 6.07) is 0. The van der Waals surface area contributed by atoms with Crippen molar-refractivity contribution in [2.75, 3.05) is 13.2 Å². The molecular weight excluding hydrogens is 937 g/mol. The Morgan fingerprint density at radius 3 is 0.658 bits per heavy atom. The molecule has 0 bridgehead atoms. The second kappa shape index (κ2) is 65.4. The van der Waals surface area contributed by atoms with Crippen LogP contribution in [0.5, 0.6) is 0 Å². The molecule has 1 atom stereocenters. The minimum atomic E-state index is -0.773. The largest absolute Gasteiger partial charge is 0.462 e. The zero-order valence-electron chi connectivity index (χ0n) is 51.6. The van der Waals surface area contributed by atoms with Crippen LogP contribution >= 0.6 is 0 Å². The van der Waals surface area contributed by atoms with Gasteiger partial charge in [-0.15, -0.1) is 0 Å². The first-order chi connectivity index (χ1) is 37.5. The highest BCUT2D eigenvalue weighted by Crippen LogP contribution is 2.18. The van der Waals surface area contributed by atoms with Gasteiger partial charge in [-0.1, -0.05) is 321 Å². The van der Waals surface area contributed by atoms with Crippen molar-refractivity contribution in [3.8, 4) is 0 Å². The molecule has 0 N–H and O–H groups in total. The van der Waals surface area contributed by atoms with Gasteiger partial charge < -0.3 is 14.2 Å². The second-order valence-corrected chi connectivity index (χ2v) is 23.4. The van der Waals surface area contributed by atoms with Crippen molar-refractivity contribution in [2.45, 2.75) is 393 Å². The highest BCUT2D eigenvalue weighted by molar-refractivity contribution is 5.71. The maximum Gasteiger partial charge on any atom is 0.306 e. The quantitative estimate of drug-likeness (QED) is 0.0261. The van der Waals surface area contributed by atoms with Gasteiger partial charge in [-0.25, -0.2) is 0 Å². The molecule has 0 aromatic heterocycles. The van der Waals surface area contributed by atoms with Gasteiger partial charge in [-0.3, -0.25) is 14.4 Å². The molecule has 0 rings (SSSR count). The predicted octanol–water partition coefficient (Wildman–Crippen LogP) is 23.4. The second-order valence-electron chi connectivity index (χ2n) is 23.4. The third-order valence-electron chi connectivity index (χ3n) is 15.7. The Bertz CT molecular complexity index is 1230. The number of unbranched alkanes of at least 4 members (excludes halogenated alkanes) is 49. The molecule has 448 valence electrons. The molecule has 0 aliphatic heterocycles. The first kappa shape index (κ1) is 73.9. The lowest BCUT2D eigenvalue weighted by Gasteiger charge is -2.18. The van der Waals surface area contributed by atoms with Crippen molar-refractivity contribution in [2.24, 2.45) is 0 Å². The summed E-state index contributed by atoms with van der Waals surface area (Å²) < 4.78 is 17.0. The monoisotopic (exact) mass is 1070 g/mol. The molecular formula is C70H132O6. The molecule has 6 heteroatoms. The molecule has 0 aliphatic carbocycles. The van der Waals surface area contributed by atoms with Gasteiger partial charge in [-0.05, 0) is 70.6 Å².